The molecule has 0 spiro atoms. The topological polar surface area (TPSA) is 91.3 Å². The van der Waals surface area contributed by atoms with Crippen molar-refractivity contribution in [1.82, 2.24) is 10.2 Å². The van der Waals surface area contributed by atoms with Crippen LogP contribution in [0.3, 0.4) is 0 Å². The van der Waals surface area contributed by atoms with Crippen LogP contribution >= 0.6 is 0 Å². The van der Waals surface area contributed by atoms with Gasteiger partial charge in [0.25, 0.3) is 0 Å². The number of aromatic nitrogens is 2. The van der Waals surface area contributed by atoms with Crippen LogP contribution in [-0.4, -0.2) is 22.2 Å². The summed E-state index contributed by atoms with van der Waals surface area (Å²) >= 11 is 0. The predicted molar refractivity (Wildman–Crippen MR) is 52.9 cm³/mol. The third-order valence-electron chi connectivity index (χ3n) is 1.98. The molecule has 0 bridgehead atoms. The van der Waals surface area contributed by atoms with Crippen molar-refractivity contribution in [1.29, 1.82) is 0 Å². The van der Waals surface area contributed by atoms with Crippen molar-refractivity contribution in [2.75, 3.05) is 7.11 Å². The summed E-state index contributed by atoms with van der Waals surface area (Å²) < 4.78 is 9.81. The van der Waals surface area contributed by atoms with Crippen molar-refractivity contribution in [3.63, 3.8) is 0 Å². The number of nitro groups is 1. The maximum absolute atomic E-state index is 10.8. The summed E-state index contributed by atoms with van der Waals surface area (Å²) in [4.78, 5) is 10.2. The van der Waals surface area contributed by atoms with Gasteiger partial charge in [0.05, 0.1) is 12.0 Å². The Hall–Kier alpha value is -2.44. The van der Waals surface area contributed by atoms with Crippen molar-refractivity contribution in [2.24, 2.45) is 0 Å². The van der Waals surface area contributed by atoms with Gasteiger partial charge in [-0.1, -0.05) is 0 Å². The summed E-state index contributed by atoms with van der Waals surface area (Å²) in [5.41, 5.74) is 0.336. The Bertz CT molecular complexity index is 509. The summed E-state index contributed by atoms with van der Waals surface area (Å²) in [7, 11) is 1.37. The van der Waals surface area contributed by atoms with Crippen LogP contribution in [0.5, 0.6) is 5.75 Å². The average molecular weight is 221 g/mol. The summed E-state index contributed by atoms with van der Waals surface area (Å²) in [5, 5.41) is 17.9. The summed E-state index contributed by atoms with van der Waals surface area (Å²) in [6.45, 7) is 0. The van der Waals surface area contributed by atoms with Crippen LogP contribution in [0.25, 0.3) is 11.5 Å². The van der Waals surface area contributed by atoms with E-state index >= 15 is 0 Å². The lowest BCUT2D eigenvalue weighted by Gasteiger charge is -2.01. The number of hydrogen-bond acceptors (Lipinski definition) is 6. The summed E-state index contributed by atoms with van der Waals surface area (Å²) in [6.07, 6.45) is 1.16. The second-order valence-corrected chi connectivity index (χ2v) is 2.89. The maximum atomic E-state index is 10.8. The fraction of sp³-hybridized carbons (Fsp3) is 0.111. The van der Waals surface area contributed by atoms with E-state index < -0.39 is 4.92 Å². The van der Waals surface area contributed by atoms with Crippen molar-refractivity contribution in [2.45, 2.75) is 0 Å². The minimum Gasteiger partial charge on any atom is -0.490 e. The molecule has 0 aliphatic rings. The van der Waals surface area contributed by atoms with Gasteiger partial charge in [-0.15, -0.1) is 10.2 Å². The van der Waals surface area contributed by atoms with Crippen molar-refractivity contribution < 1.29 is 14.1 Å². The lowest BCUT2D eigenvalue weighted by molar-refractivity contribution is -0.385. The van der Waals surface area contributed by atoms with Gasteiger partial charge in [0.2, 0.25) is 12.3 Å². The van der Waals surface area contributed by atoms with E-state index in [1.807, 2.05) is 0 Å². The SMILES string of the molecule is COc1ccc(-c2nnco2)cc1[N+](=O)[O-]. The van der Waals surface area contributed by atoms with Gasteiger partial charge in [-0.05, 0) is 12.1 Å². The largest absolute Gasteiger partial charge is 0.490 e. The molecule has 1 aromatic heterocycles. The normalized spacial score (nSPS) is 10.1. The fourth-order valence-corrected chi connectivity index (χ4v) is 1.26. The van der Waals surface area contributed by atoms with E-state index in [0.29, 0.717) is 5.56 Å². The first-order chi connectivity index (χ1) is 7.72. The molecule has 82 valence electrons. The molecule has 0 aliphatic carbocycles. The molecule has 0 atom stereocenters. The van der Waals surface area contributed by atoms with E-state index in [4.69, 9.17) is 9.15 Å². The Balaban J connectivity index is 2.51. The Kier molecular flexibility index (Phi) is 2.50. The Morgan fingerprint density at radius 1 is 1.50 bits per heavy atom. The maximum Gasteiger partial charge on any atom is 0.311 e. The number of ether oxygens (including phenoxy) is 1. The molecule has 2 aromatic rings. The number of benzene rings is 1. The van der Waals surface area contributed by atoms with Crippen LogP contribution in [0.15, 0.2) is 29.0 Å². The number of rotatable bonds is 3. The van der Waals surface area contributed by atoms with Gasteiger partial charge in [-0.3, -0.25) is 10.1 Å². The zero-order valence-corrected chi connectivity index (χ0v) is 8.28. The zero-order chi connectivity index (χ0) is 11.5. The first-order valence-corrected chi connectivity index (χ1v) is 4.31. The lowest BCUT2D eigenvalue weighted by Crippen LogP contribution is -1.94. The van der Waals surface area contributed by atoms with Gasteiger partial charge in [-0.25, -0.2) is 0 Å². The molecule has 0 saturated heterocycles. The highest BCUT2D eigenvalue weighted by atomic mass is 16.6. The summed E-state index contributed by atoms with van der Waals surface area (Å²) in [5.74, 6) is 0.416. The van der Waals surface area contributed by atoms with Gasteiger partial charge in [0.1, 0.15) is 0 Å². The zero-order valence-electron chi connectivity index (χ0n) is 8.28. The predicted octanol–water partition coefficient (Wildman–Crippen LogP) is 1.65. The van der Waals surface area contributed by atoms with Crippen molar-refractivity contribution in [3.8, 4) is 17.2 Å². The summed E-state index contributed by atoms with van der Waals surface area (Å²) in [6, 6.07) is 4.42. The highest BCUT2D eigenvalue weighted by Gasteiger charge is 2.17. The van der Waals surface area contributed by atoms with Crippen molar-refractivity contribution >= 4 is 5.69 Å². The van der Waals surface area contributed by atoms with Crippen LogP contribution < -0.4 is 4.74 Å². The second kappa shape index (κ2) is 3.97. The molecule has 0 radical (unpaired) electrons. The van der Waals surface area contributed by atoms with E-state index in [1.54, 1.807) is 6.07 Å². The first-order valence-electron chi connectivity index (χ1n) is 4.31. The van der Waals surface area contributed by atoms with Gasteiger partial charge in [0.15, 0.2) is 5.75 Å². The van der Waals surface area contributed by atoms with Crippen LogP contribution in [0.1, 0.15) is 0 Å². The molecule has 0 unspecified atom stereocenters. The Morgan fingerprint density at radius 3 is 2.88 bits per heavy atom. The third-order valence-corrected chi connectivity index (χ3v) is 1.98. The van der Waals surface area contributed by atoms with E-state index in [-0.39, 0.29) is 17.3 Å². The lowest BCUT2D eigenvalue weighted by atomic mass is 10.2. The molecule has 1 aromatic carbocycles. The first kappa shape index (κ1) is 10.1. The van der Waals surface area contributed by atoms with E-state index in [0.717, 1.165) is 6.39 Å². The number of nitrogens with zero attached hydrogens (tertiary/aromatic N) is 3. The van der Waals surface area contributed by atoms with Gasteiger partial charge < -0.3 is 9.15 Å². The second-order valence-electron chi connectivity index (χ2n) is 2.89. The smallest absolute Gasteiger partial charge is 0.311 e. The quantitative estimate of drug-likeness (QED) is 0.578. The molecule has 0 amide bonds. The highest BCUT2D eigenvalue weighted by molar-refractivity contribution is 5.62. The van der Waals surface area contributed by atoms with E-state index in [9.17, 15) is 10.1 Å². The van der Waals surface area contributed by atoms with E-state index in [2.05, 4.69) is 10.2 Å². The van der Waals surface area contributed by atoms with Crippen LogP contribution in [0.4, 0.5) is 5.69 Å². The molecular weight excluding hydrogens is 214 g/mol. The molecular formula is C9H7N3O4. The Morgan fingerprint density at radius 2 is 2.31 bits per heavy atom. The van der Waals surface area contributed by atoms with Crippen LogP contribution in [0, 0.1) is 10.1 Å². The minimum atomic E-state index is -0.529. The van der Waals surface area contributed by atoms with Gasteiger partial charge >= 0.3 is 5.69 Å². The number of nitro benzene ring substituents is 1. The monoisotopic (exact) mass is 221 g/mol. The molecule has 0 saturated carbocycles. The van der Waals surface area contributed by atoms with Gasteiger partial charge in [-0.2, -0.15) is 0 Å². The average Bonchev–Trinajstić information content (AvgIpc) is 2.81. The number of methoxy groups -OCH3 is 1. The molecule has 0 aliphatic heterocycles. The highest BCUT2D eigenvalue weighted by Crippen LogP contribution is 2.31. The molecule has 7 nitrogen and oxygen atoms in total. The standard InChI is InChI=1S/C9H7N3O4/c1-15-8-3-2-6(4-7(8)12(13)14)9-11-10-5-16-9/h2-5H,1H3. The molecule has 16 heavy (non-hydrogen) atoms. The molecule has 7 heteroatoms. The van der Waals surface area contributed by atoms with Crippen molar-refractivity contribution in [3.05, 3.63) is 34.7 Å². The molecule has 2 rings (SSSR count). The van der Waals surface area contributed by atoms with Crippen LogP contribution in [-0.2, 0) is 0 Å². The Labute approximate surface area is 89.8 Å². The number of hydrogen-bond donors (Lipinski definition) is 0. The minimum absolute atomic E-state index is 0.141. The molecule has 0 fully saturated rings. The van der Waals surface area contributed by atoms with E-state index in [1.165, 1.54) is 19.2 Å². The molecule has 1 heterocycles. The fourth-order valence-electron chi connectivity index (χ4n) is 1.26. The molecule has 0 N–H and O–H groups in total. The van der Waals surface area contributed by atoms with Gasteiger partial charge in [0, 0.05) is 11.6 Å². The third kappa shape index (κ3) is 1.70. The van der Waals surface area contributed by atoms with Crippen LogP contribution in [0.2, 0.25) is 0 Å².